The minimum absolute atomic E-state index is 0.859. The van der Waals surface area contributed by atoms with E-state index < -0.39 is 0 Å². The molecular weight excluding hydrogens is 208 g/mol. The summed E-state index contributed by atoms with van der Waals surface area (Å²) in [5.74, 6) is 0. The molecule has 1 N–H and O–H groups in total. The Balaban J connectivity index is 1.86. The Morgan fingerprint density at radius 1 is 1.47 bits per heavy atom. The Morgan fingerprint density at radius 3 is 2.93 bits per heavy atom. The summed E-state index contributed by atoms with van der Waals surface area (Å²) < 4.78 is 1.85. The van der Waals surface area contributed by atoms with Crippen LogP contribution in [-0.4, -0.2) is 14.8 Å². The first-order valence-corrected chi connectivity index (χ1v) is 5.71. The van der Waals surface area contributed by atoms with Crippen LogP contribution in [-0.2, 0) is 20.1 Å². The predicted octanol–water partition coefficient (Wildman–Crippen LogP) is 1.47. The molecule has 0 spiro atoms. The number of hydrogen-bond donors (Lipinski definition) is 1. The van der Waals surface area contributed by atoms with Crippen LogP contribution in [0.4, 0.5) is 0 Å². The molecule has 0 saturated carbocycles. The fourth-order valence-corrected chi connectivity index (χ4v) is 2.04. The van der Waals surface area contributed by atoms with Crippen molar-refractivity contribution in [1.29, 1.82) is 0 Å². The molecule has 0 aliphatic rings. The van der Waals surface area contributed by atoms with Crippen LogP contribution in [0.25, 0.3) is 0 Å². The van der Waals surface area contributed by atoms with Gasteiger partial charge in [0.1, 0.15) is 0 Å². The van der Waals surface area contributed by atoms with Gasteiger partial charge in [-0.1, -0.05) is 0 Å². The number of aryl methyl sites for hydroxylation is 2. The maximum atomic E-state index is 4.29. The maximum absolute atomic E-state index is 4.29. The van der Waals surface area contributed by atoms with E-state index in [0.717, 1.165) is 18.8 Å². The topological polar surface area (TPSA) is 42.7 Å². The highest BCUT2D eigenvalue weighted by atomic mass is 32.1. The van der Waals surface area contributed by atoms with Gasteiger partial charge in [0.2, 0.25) is 0 Å². The smallest absolute Gasteiger partial charge is 0.0794 e. The van der Waals surface area contributed by atoms with Gasteiger partial charge in [-0.2, -0.15) is 5.10 Å². The van der Waals surface area contributed by atoms with Crippen LogP contribution in [0.1, 0.15) is 16.1 Å². The van der Waals surface area contributed by atoms with Gasteiger partial charge in [0.15, 0.2) is 0 Å². The van der Waals surface area contributed by atoms with Crippen molar-refractivity contribution in [2.24, 2.45) is 7.05 Å². The van der Waals surface area contributed by atoms with Gasteiger partial charge < -0.3 is 5.32 Å². The summed E-state index contributed by atoms with van der Waals surface area (Å²) in [6.07, 6.45) is 3.95. The highest BCUT2D eigenvalue weighted by molar-refractivity contribution is 7.09. The molecular formula is C10H14N4S. The molecule has 0 aromatic carbocycles. The largest absolute Gasteiger partial charge is 0.308 e. The summed E-state index contributed by atoms with van der Waals surface area (Å²) in [4.78, 5) is 5.29. The van der Waals surface area contributed by atoms with Crippen molar-refractivity contribution in [3.05, 3.63) is 34.0 Å². The second-order valence-corrected chi connectivity index (χ2v) is 4.46. The van der Waals surface area contributed by atoms with Crippen LogP contribution < -0.4 is 5.32 Å². The molecule has 2 aromatic heterocycles. The van der Waals surface area contributed by atoms with E-state index in [1.54, 1.807) is 11.3 Å². The summed E-state index contributed by atoms with van der Waals surface area (Å²) in [6.45, 7) is 3.76. The Hall–Kier alpha value is -1.20. The van der Waals surface area contributed by atoms with Gasteiger partial charge in [0, 0.05) is 43.0 Å². The van der Waals surface area contributed by atoms with Crippen molar-refractivity contribution >= 4 is 11.3 Å². The van der Waals surface area contributed by atoms with Gasteiger partial charge in [-0.15, -0.1) is 11.3 Å². The van der Waals surface area contributed by atoms with E-state index in [-0.39, 0.29) is 0 Å². The molecule has 0 aliphatic heterocycles. The highest BCUT2D eigenvalue weighted by Crippen LogP contribution is 2.07. The third-order valence-corrected chi connectivity index (χ3v) is 2.99. The second kappa shape index (κ2) is 4.55. The van der Waals surface area contributed by atoms with Gasteiger partial charge in [0.05, 0.1) is 11.2 Å². The molecule has 2 aromatic rings. The van der Waals surface area contributed by atoms with E-state index in [2.05, 4.69) is 21.6 Å². The SMILES string of the molecule is Cc1nn(C)cc1CNCc1cncs1. The molecule has 0 saturated heterocycles. The van der Waals surface area contributed by atoms with Crippen LogP contribution >= 0.6 is 11.3 Å². The first-order chi connectivity index (χ1) is 7.25. The number of aromatic nitrogens is 3. The molecule has 0 bridgehead atoms. The summed E-state index contributed by atoms with van der Waals surface area (Å²) in [6, 6.07) is 0. The van der Waals surface area contributed by atoms with Gasteiger partial charge in [-0.3, -0.25) is 9.67 Å². The molecule has 0 radical (unpaired) electrons. The summed E-state index contributed by atoms with van der Waals surface area (Å²) in [7, 11) is 1.94. The second-order valence-electron chi connectivity index (χ2n) is 3.48. The molecule has 80 valence electrons. The van der Waals surface area contributed by atoms with E-state index in [0.29, 0.717) is 0 Å². The van der Waals surface area contributed by atoms with Gasteiger partial charge in [-0.05, 0) is 6.92 Å². The van der Waals surface area contributed by atoms with E-state index in [1.807, 2.05) is 30.4 Å². The summed E-state index contributed by atoms with van der Waals surface area (Å²) in [5.41, 5.74) is 4.20. The number of thiazole rings is 1. The zero-order valence-electron chi connectivity index (χ0n) is 8.90. The van der Waals surface area contributed by atoms with Crippen molar-refractivity contribution in [2.45, 2.75) is 20.0 Å². The molecule has 2 rings (SSSR count). The molecule has 0 aliphatic carbocycles. The van der Waals surface area contributed by atoms with Crippen molar-refractivity contribution in [3.63, 3.8) is 0 Å². The van der Waals surface area contributed by atoms with Gasteiger partial charge in [0.25, 0.3) is 0 Å². The number of nitrogens with zero attached hydrogens (tertiary/aromatic N) is 3. The molecule has 2 heterocycles. The quantitative estimate of drug-likeness (QED) is 0.852. The molecule has 0 atom stereocenters. The molecule has 0 amide bonds. The normalized spacial score (nSPS) is 10.8. The number of hydrogen-bond acceptors (Lipinski definition) is 4. The third-order valence-electron chi connectivity index (χ3n) is 2.21. The maximum Gasteiger partial charge on any atom is 0.0794 e. The van der Waals surface area contributed by atoms with Crippen LogP contribution in [0.5, 0.6) is 0 Å². The first-order valence-electron chi connectivity index (χ1n) is 4.83. The first kappa shape index (κ1) is 10.3. The minimum atomic E-state index is 0.859. The van der Waals surface area contributed by atoms with Crippen LogP contribution in [0, 0.1) is 6.92 Å². The molecule has 15 heavy (non-hydrogen) atoms. The fourth-order valence-electron chi connectivity index (χ4n) is 1.47. The molecule has 4 nitrogen and oxygen atoms in total. The highest BCUT2D eigenvalue weighted by Gasteiger charge is 2.02. The molecule has 5 heteroatoms. The zero-order chi connectivity index (χ0) is 10.7. The number of rotatable bonds is 4. The van der Waals surface area contributed by atoms with E-state index in [9.17, 15) is 0 Å². The van der Waals surface area contributed by atoms with Crippen molar-refractivity contribution in [2.75, 3.05) is 0 Å². The Bertz CT molecular complexity index is 419. The van der Waals surface area contributed by atoms with E-state index in [4.69, 9.17) is 0 Å². The monoisotopic (exact) mass is 222 g/mol. The Morgan fingerprint density at radius 2 is 2.33 bits per heavy atom. The lowest BCUT2D eigenvalue weighted by Crippen LogP contribution is -2.11. The standard InChI is InChI=1S/C10H14N4S/c1-8-9(6-14(2)13-8)3-11-4-10-5-12-7-15-10/h5-7,11H,3-4H2,1-2H3. The lowest BCUT2D eigenvalue weighted by Gasteiger charge is -2.00. The van der Waals surface area contributed by atoms with Crippen LogP contribution in [0.3, 0.4) is 0 Å². The fraction of sp³-hybridized carbons (Fsp3) is 0.400. The predicted molar refractivity (Wildman–Crippen MR) is 60.6 cm³/mol. The van der Waals surface area contributed by atoms with E-state index in [1.165, 1.54) is 10.4 Å². The zero-order valence-corrected chi connectivity index (χ0v) is 9.71. The van der Waals surface area contributed by atoms with Crippen molar-refractivity contribution in [3.8, 4) is 0 Å². The minimum Gasteiger partial charge on any atom is -0.308 e. The average molecular weight is 222 g/mol. The molecule has 0 unspecified atom stereocenters. The van der Waals surface area contributed by atoms with Crippen molar-refractivity contribution in [1.82, 2.24) is 20.1 Å². The number of nitrogens with one attached hydrogen (secondary N) is 1. The van der Waals surface area contributed by atoms with Gasteiger partial charge >= 0.3 is 0 Å². The lowest BCUT2D eigenvalue weighted by molar-refractivity contribution is 0.696. The Kier molecular flexibility index (Phi) is 3.13. The van der Waals surface area contributed by atoms with Gasteiger partial charge in [-0.25, -0.2) is 0 Å². The van der Waals surface area contributed by atoms with Crippen LogP contribution in [0.15, 0.2) is 17.9 Å². The van der Waals surface area contributed by atoms with Crippen molar-refractivity contribution < 1.29 is 0 Å². The average Bonchev–Trinajstić information content (AvgIpc) is 2.77. The Labute approximate surface area is 93.0 Å². The third kappa shape index (κ3) is 2.64. The van der Waals surface area contributed by atoms with Crippen LogP contribution in [0.2, 0.25) is 0 Å². The lowest BCUT2D eigenvalue weighted by atomic mass is 10.2. The summed E-state index contributed by atoms with van der Waals surface area (Å²) >= 11 is 1.67. The van der Waals surface area contributed by atoms with E-state index >= 15 is 0 Å². The molecule has 0 fully saturated rings. The summed E-state index contributed by atoms with van der Waals surface area (Å²) in [5, 5.41) is 7.67.